The highest BCUT2D eigenvalue weighted by Gasteiger charge is 2.22. The van der Waals surface area contributed by atoms with E-state index in [1.807, 2.05) is 6.07 Å². The first-order valence-corrected chi connectivity index (χ1v) is 8.15. The molecule has 112 valence electrons. The lowest BCUT2D eigenvalue weighted by molar-refractivity contribution is 0.107. The largest absolute Gasteiger partial charge is 0.490 e. The quantitative estimate of drug-likeness (QED) is 0.447. The number of ether oxygens (including phenoxy) is 1. The van der Waals surface area contributed by atoms with Gasteiger partial charge in [-0.15, -0.1) is 0 Å². The maximum Gasteiger partial charge on any atom is 0.256 e. The molecule has 0 saturated heterocycles. The summed E-state index contributed by atoms with van der Waals surface area (Å²) < 4.78 is 6.06. The van der Waals surface area contributed by atoms with Crippen molar-refractivity contribution in [2.45, 2.75) is 56.9 Å². The third-order valence-electron chi connectivity index (χ3n) is 2.99. The summed E-state index contributed by atoms with van der Waals surface area (Å²) in [5.74, 6) is 0.574. The molecular formula is C16H22BrClO2. The zero-order valence-corrected chi connectivity index (χ0v) is 14.6. The third kappa shape index (κ3) is 6.27. The van der Waals surface area contributed by atoms with Crippen molar-refractivity contribution < 1.29 is 9.53 Å². The molecule has 0 saturated carbocycles. The van der Waals surface area contributed by atoms with Crippen LogP contribution < -0.4 is 4.74 Å². The number of unbranched alkanes of at least 4 members (excludes halogenated alkanes) is 1. The topological polar surface area (TPSA) is 26.3 Å². The number of alkyl halides is 1. The molecule has 0 aliphatic heterocycles. The van der Waals surface area contributed by atoms with Crippen LogP contribution >= 0.6 is 27.5 Å². The van der Waals surface area contributed by atoms with Gasteiger partial charge in [0.1, 0.15) is 11.9 Å². The molecule has 0 spiro atoms. The highest BCUT2D eigenvalue weighted by molar-refractivity contribution is 9.10. The summed E-state index contributed by atoms with van der Waals surface area (Å²) in [6.45, 7) is 6.40. The van der Waals surface area contributed by atoms with Crippen LogP contribution in [0.3, 0.4) is 0 Å². The first-order chi connectivity index (χ1) is 9.33. The molecule has 0 bridgehead atoms. The van der Waals surface area contributed by atoms with E-state index in [9.17, 15) is 4.79 Å². The zero-order valence-electron chi connectivity index (χ0n) is 12.3. The van der Waals surface area contributed by atoms with E-state index in [-0.39, 0.29) is 10.4 Å². The highest BCUT2D eigenvalue weighted by atomic mass is 79.9. The van der Waals surface area contributed by atoms with Crippen LogP contribution in [0.25, 0.3) is 0 Å². The van der Waals surface area contributed by atoms with Gasteiger partial charge in [0.25, 0.3) is 5.24 Å². The van der Waals surface area contributed by atoms with Crippen LogP contribution in [0.2, 0.25) is 0 Å². The fraction of sp³-hybridized carbons (Fsp3) is 0.562. The minimum Gasteiger partial charge on any atom is -0.490 e. The highest BCUT2D eigenvalue weighted by Crippen LogP contribution is 2.29. The molecule has 0 amide bonds. The van der Waals surface area contributed by atoms with Crippen molar-refractivity contribution in [2.75, 3.05) is 0 Å². The summed E-state index contributed by atoms with van der Waals surface area (Å²) in [5.41, 5.74) is 0.433. The van der Waals surface area contributed by atoms with Crippen LogP contribution in [0.1, 0.15) is 56.8 Å². The standard InChI is InChI=1S/C16H22BrClO2/c1-4-5-8-12(11-16(2,3)17)20-14-10-7-6-9-13(14)15(18)19/h6-7,9-10,12H,4-5,8,11H2,1-3H3. The lowest BCUT2D eigenvalue weighted by Crippen LogP contribution is -2.26. The fourth-order valence-electron chi connectivity index (χ4n) is 2.09. The number of hydrogen-bond acceptors (Lipinski definition) is 2. The van der Waals surface area contributed by atoms with Gasteiger partial charge in [0.05, 0.1) is 5.56 Å². The molecule has 0 aliphatic carbocycles. The zero-order chi connectivity index (χ0) is 15.2. The number of para-hydroxylation sites is 1. The Morgan fingerprint density at radius 1 is 1.40 bits per heavy atom. The predicted molar refractivity (Wildman–Crippen MR) is 88.2 cm³/mol. The molecule has 1 unspecified atom stereocenters. The molecule has 0 aliphatic rings. The average Bonchev–Trinajstić information content (AvgIpc) is 2.34. The Morgan fingerprint density at radius 2 is 2.05 bits per heavy atom. The number of carbonyl (C=O) groups excluding carboxylic acids is 1. The first-order valence-electron chi connectivity index (χ1n) is 6.98. The number of benzene rings is 1. The molecule has 0 aromatic heterocycles. The second kappa shape index (κ2) is 8.04. The second-order valence-electron chi connectivity index (χ2n) is 5.57. The van der Waals surface area contributed by atoms with Gasteiger partial charge in [-0.05, 0) is 50.4 Å². The van der Waals surface area contributed by atoms with Crippen molar-refractivity contribution in [3.63, 3.8) is 0 Å². The van der Waals surface area contributed by atoms with E-state index in [4.69, 9.17) is 16.3 Å². The summed E-state index contributed by atoms with van der Waals surface area (Å²) in [7, 11) is 0. The van der Waals surface area contributed by atoms with Crippen LogP contribution in [0, 0.1) is 0 Å². The molecule has 1 rings (SSSR count). The van der Waals surface area contributed by atoms with Gasteiger partial charge < -0.3 is 4.74 Å². The van der Waals surface area contributed by atoms with Crippen molar-refractivity contribution in [1.82, 2.24) is 0 Å². The smallest absolute Gasteiger partial charge is 0.256 e. The molecule has 1 atom stereocenters. The monoisotopic (exact) mass is 360 g/mol. The lowest BCUT2D eigenvalue weighted by Gasteiger charge is -2.26. The van der Waals surface area contributed by atoms with Gasteiger partial charge >= 0.3 is 0 Å². The Kier molecular flexibility index (Phi) is 7.04. The van der Waals surface area contributed by atoms with E-state index in [0.717, 1.165) is 25.7 Å². The van der Waals surface area contributed by atoms with E-state index < -0.39 is 5.24 Å². The van der Waals surface area contributed by atoms with Crippen LogP contribution in [0.4, 0.5) is 0 Å². The SMILES string of the molecule is CCCCC(CC(C)(C)Br)Oc1ccccc1C(=O)Cl. The minimum atomic E-state index is -0.479. The molecule has 0 fully saturated rings. The molecule has 4 heteroatoms. The molecule has 2 nitrogen and oxygen atoms in total. The Labute approximate surface area is 135 Å². The summed E-state index contributed by atoms with van der Waals surface area (Å²) in [5, 5.41) is -0.479. The molecule has 1 aromatic rings. The Hall–Kier alpha value is -0.540. The van der Waals surface area contributed by atoms with Crippen molar-refractivity contribution in [1.29, 1.82) is 0 Å². The average molecular weight is 362 g/mol. The normalized spacial score (nSPS) is 13.1. The van der Waals surface area contributed by atoms with Crippen LogP contribution in [-0.2, 0) is 0 Å². The summed E-state index contributed by atoms with van der Waals surface area (Å²) in [6, 6.07) is 7.14. The molecule has 20 heavy (non-hydrogen) atoms. The maximum atomic E-state index is 11.4. The Bertz CT molecular complexity index is 440. The molecule has 0 radical (unpaired) electrons. The number of halogens is 2. The summed E-state index contributed by atoms with van der Waals surface area (Å²) in [4.78, 5) is 11.4. The van der Waals surface area contributed by atoms with E-state index in [0.29, 0.717) is 11.3 Å². The molecule has 0 N–H and O–H groups in total. The van der Waals surface area contributed by atoms with Crippen molar-refractivity contribution >= 4 is 32.8 Å². The maximum absolute atomic E-state index is 11.4. The lowest BCUT2D eigenvalue weighted by atomic mass is 10.0. The number of rotatable bonds is 8. The second-order valence-corrected chi connectivity index (χ2v) is 8.06. The van der Waals surface area contributed by atoms with Crippen LogP contribution in [0.15, 0.2) is 24.3 Å². The first kappa shape index (κ1) is 17.5. The molecule has 1 aromatic carbocycles. The van der Waals surface area contributed by atoms with E-state index in [1.54, 1.807) is 18.2 Å². The van der Waals surface area contributed by atoms with Crippen molar-refractivity contribution in [3.05, 3.63) is 29.8 Å². The van der Waals surface area contributed by atoms with Gasteiger partial charge in [-0.1, -0.05) is 47.8 Å². The van der Waals surface area contributed by atoms with Crippen LogP contribution in [-0.4, -0.2) is 15.7 Å². The van der Waals surface area contributed by atoms with E-state index >= 15 is 0 Å². The van der Waals surface area contributed by atoms with Gasteiger partial charge in [-0.3, -0.25) is 4.79 Å². The summed E-state index contributed by atoms with van der Waals surface area (Å²) >= 11 is 9.26. The number of carbonyl (C=O) groups is 1. The predicted octanol–water partition coefficient (Wildman–Crippen LogP) is 5.57. The number of hydrogen-bond donors (Lipinski definition) is 0. The Morgan fingerprint density at radius 3 is 2.60 bits per heavy atom. The van der Waals surface area contributed by atoms with E-state index in [1.165, 1.54) is 0 Å². The van der Waals surface area contributed by atoms with Gasteiger partial charge in [0.2, 0.25) is 0 Å². The van der Waals surface area contributed by atoms with Gasteiger partial charge in [0, 0.05) is 4.32 Å². The van der Waals surface area contributed by atoms with Gasteiger partial charge in [-0.25, -0.2) is 0 Å². The molecular weight excluding hydrogens is 340 g/mol. The minimum absolute atomic E-state index is 0.00528. The molecule has 0 heterocycles. The van der Waals surface area contributed by atoms with Gasteiger partial charge in [-0.2, -0.15) is 0 Å². The third-order valence-corrected chi connectivity index (χ3v) is 3.51. The van der Waals surface area contributed by atoms with Gasteiger partial charge in [0.15, 0.2) is 0 Å². The van der Waals surface area contributed by atoms with Crippen molar-refractivity contribution in [2.24, 2.45) is 0 Å². The van der Waals surface area contributed by atoms with E-state index in [2.05, 4.69) is 36.7 Å². The summed E-state index contributed by atoms with van der Waals surface area (Å²) in [6.07, 6.45) is 4.14. The Balaban J connectivity index is 2.86. The van der Waals surface area contributed by atoms with Crippen molar-refractivity contribution in [3.8, 4) is 5.75 Å². The fourth-order valence-corrected chi connectivity index (χ4v) is 2.60. The van der Waals surface area contributed by atoms with Crippen LogP contribution in [0.5, 0.6) is 5.75 Å².